The number of rotatable bonds is 5. The summed E-state index contributed by atoms with van der Waals surface area (Å²) < 4.78 is 31.6. The summed E-state index contributed by atoms with van der Waals surface area (Å²) in [5.74, 6) is 0.266. The molecule has 0 aromatic rings. The van der Waals surface area contributed by atoms with Gasteiger partial charge in [-0.3, -0.25) is 0 Å². The molecule has 0 aromatic carbocycles. The van der Waals surface area contributed by atoms with Gasteiger partial charge in [-0.25, -0.2) is 9.52 Å². The van der Waals surface area contributed by atoms with E-state index < -0.39 is 16.3 Å². The lowest BCUT2D eigenvalue weighted by molar-refractivity contribution is 0.157. The molecule has 1 fully saturated rings. The molecule has 0 radical (unpaired) electrons. The first-order valence-electron chi connectivity index (χ1n) is 6.14. The van der Waals surface area contributed by atoms with Crippen LogP contribution in [-0.4, -0.2) is 45.1 Å². The smallest absolute Gasteiger partial charge is 0.421 e. The topological polar surface area (TPSA) is 102 Å². The molecule has 0 saturated carbocycles. The molecule has 0 aromatic heterocycles. The van der Waals surface area contributed by atoms with Crippen LogP contribution in [0, 0.1) is 5.92 Å². The highest BCUT2D eigenvalue weighted by molar-refractivity contribution is 7.87. The maximum Gasteiger partial charge on any atom is 0.421 e. The average Bonchev–Trinajstić information content (AvgIpc) is 2.29. The van der Waals surface area contributed by atoms with Gasteiger partial charge in [0.05, 0.1) is 6.61 Å². The third-order valence-corrected chi connectivity index (χ3v) is 4.32. The number of piperidine rings is 1. The van der Waals surface area contributed by atoms with Crippen LogP contribution in [0.1, 0.15) is 26.2 Å². The van der Waals surface area contributed by atoms with Crippen molar-refractivity contribution in [3.63, 3.8) is 0 Å². The van der Waals surface area contributed by atoms with Crippen molar-refractivity contribution in [2.24, 2.45) is 11.7 Å². The van der Waals surface area contributed by atoms with Gasteiger partial charge in [-0.1, -0.05) is 0 Å². The molecule has 1 aliphatic rings. The number of ether oxygens (including phenoxy) is 1. The van der Waals surface area contributed by atoms with Crippen molar-refractivity contribution in [2.75, 3.05) is 26.2 Å². The lowest BCUT2D eigenvalue weighted by Crippen LogP contribution is -2.48. The van der Waals surface area contributed by atoms with Gasteiger partial charge in [-0.15, -0.1) is 0 Å². The van der Waals surface area contributed by atoms with Crippen LogP contribution in [0.15, 0.2) is 0 Å². The van der Waals surface area contributed by atoms with Gasteiger partial charge >= 0.3 is 16.3 Å². The molecule has 1 unspecified atom stereocenters. The molecule has 106 valence electrons. The lowest BCUT2D eigenvalue weighted by Gasteiger charge is -2.31. The first-order valence-corrected chi connectivity index (χ1v) is 7.58. The molecule has 1 saturated heterocycles. The zero-order valence-corrected chi connectivity index (χ0v) is 11.4. The molecular formula is C10H21N3O4S. The SMILES string of the molecule is CCOC(=O)NS(=O)(=O)N1CCCC(CCN)C1. The number of amides is 1. The predicted molar refractivity (Wildman–Crippen MR) is 67.0 cm³/mol. The quantitative estimate of drug-likeness (QED) is 0.739. The zero-order valence-electron chi connectivity index (χ0n) is 10.6. The van der Waals surface area contributed by atoms with Gasteiger partial charge in [-0.05, 0) is 38.6 Å². The largest absolute Gasteiger partial charge is 0.449 e. The fraction of sp³-hybridized carbons (Fsp3) is 0.900. The molecule has 18 heavy (non-hydrogen) atoms. The van der Waals surface area contributed by atoms with E-state index in [0.717, 1.165) is 19.3 Å². The van der Waals surface area contributed by atoms with Gasteiger partial charge in [0.1, 0.15) is 0 Å². The molecule has 3 N–H and O–H groups in total. The second-order valence-electron chi connectivity index (χ2n) is 4.27. The van der Waals surface area contributed by atoms with Crippen LogP contribution in [0.25, 0.3) is 0 Å². The summed E-state index contributed by atoms with van der Waals surface area (Å²) in [6.45, 7) is 3.13. The first-order chi connectivity index (χ1) is 8.49. The Bertz CT molecular complexity index is 369. The molecule has 1 atom stereocenters. The molecule has 0 spiro atoms. The van der Waals surface area contributed by atoms with E-state index in [1.54, 1.807) is 6.92 Å². The Kier molecular flexibility index (Phi) is 5.83. The van der Waals surface area contributed by atoms with Gasteiger partial charge < -0.3 is 10.5 Å². The van der Waals surface area contributed by atoms with Crippen molar-refractivity contribution in [2.45, 2.75) is 26.2 Å². The number of hydrogen-bond donors (Lipinski definition) is 2. The third kappa shape index (κ3) is 4.43. The number of hydrogen-bond acceptors (Lipinski definition) is 5. The molecular weight excluding hydrogens is 258 g/mol. The van der Waals surface area contributed by atoms with Crippen LogP contribution in [0.5, 0.6) is 0 Å². The molecule has 1 aliphatic heterocycles. The summed E-state index contributed by atoms with van der Waals surface area (Å²) in [4.78, 5) is 11.1. The Morgan fingerprint density at radius 1 is 1.56 bits per heavy atom. The van der Waals surface area contributed by atoms with Crippen LogP contribution in [0.4, 0.5) is 4.79 Å². The van der Waals surface area contributed by atoms with Crippen molar-refractivity contribution in [3.8, 4) is 0 Å². The standard InChI is InChI=1S/C10H21N3O4S/c1-2-17-10(14)12-18(15,16)13-7-3-4-9(8-13)5-6-11/h9H,2-8,11H2,1H3,(H,12,14). The number of carbonyl (C=O) groups excluding carboxylic acids is 1. The van der Waals surface area contributed by atoms with E-state index in [1.165, 1.54) is 4.31 Å². The molecule has 1 rings (SSSR count). The summed E-state index contributed by atoms with van der Waals surface area (Å²) in [7, 11) is -3.79. The number of nitrogens with zero attached hydrogens (tertiary/aromatic N) is 1. The Morgan fingerprint density at radius 3 is 2.89 bits per heavy atom. The fourth-order valence-corrected chi connectivity index (χ4v) is 3.22. The maximum absolute atomic E-state index is 11.9. The van der Waals surface area contributed by atoms with Crippen molar-refractivity contribution in [1.82, 2.24) is 9.03 Å². The second-order valence-corrected chi connectivity index (χ2v) is 5.94. The van der Waals surface area contributed by atoms with Crippen molar-refractivity contribution < 1.29 is 17.9 Å². The Balaban J connectivity index is 2.58. The summed E-state index contributed by atoms with van der Waals surface area (Å²) in [6, 6.07) is 0. The summed E-state index contributed by atoms with van der Waals surface area (Å²) in [5.41, 5.74) is 5.48. The van der Waals surface area contributed by atoms with Gasteiger partial charge in [0.2, 0.25) is 0 Å². The normalized spacial score (nSPS) is 21.6. The van der Waals surface area contributed by atoms with Crippen LogP contribution < -0.4 is 10.5 Å². The molecule has 7 nitrogen and oxygen atoms in total. The highest BCUT2D eigenvalue weighted by Crippen LogP contribution is 2.20. The Hall–Kier alpha value is -0.860. The van der Waals surface area contributed by atoms with E-state index in [1.807, 2.05) is 4.72 Å². The van der Waals surface area contributed by atoms with Crippen molar-refractivity contribution in [3.05, 3.63) is 0 Å². The minimum atomic E-state index is -3.79. The monoisotopic (exact) mass is 279 g/mol. The van der Waals surface area contributed by atoms with Gasteiger partial charge in [0, 0.05) is 13.1 Å². The van der Waals surface area contributed by atoms with E-state index in [4.69, 9.17) is 5.73 Å². The predicted octanol–water partition coefficient (Wildman–Crippen LogP) is 0.0381. The summed E-state index contributed by atoms with van der Waals surface area (Å²) >= 11 is 0. The summed E-state index contributed by atoms with van der Waals surface area (Å²) in [5, 5.41) is 0. The number of carbonyl (C=O) groups is 1. The van der Waals surface area contributed by atoms with Crippen LogP contribution in [0.2, 0.25) is 0 Å². The molecule has 1 heterocycles. The fourth-order valence-electron chi connectivity index (χ4n) is 2.05. The lowest BCUT2D eigenvalue weighted by atomic mass is 9.96. The van der Waals surface area contributed by atoms with E-state index in [2.05, 4.69) is 4.74 Å². The summed E-state index contributed by atoms with van der Waals surface area (Å²) in [6.07, 6.45) is 1.63. The van der Waals surface area contributed by atoms with Gasteiger partial charge in [0.25, 0.3) is 0 Å². The Morgan fingerprint density at radius 2 is 2.28 bits per heavy atom. The average molecular weight is 279 g/mol. The number of nitrogens with one attached hydrogen (secondary N) is 1. The minimum Gasteiger partial charge on any atom is -0.449 e. The van der Waals surface area contributed by atoms with Gasteiger partial charge in [0.15, 0.2) is 0 Å². The molecule has 0 aliphatic carbocycles. The minimum absolute atomic E-state index is 0.136. The van der Waals surface area contributed by atoms with E-state index in [-0.39, 0.29) is 12.5 Å². The maximum atomic E-state index is 11.9. The van der Waals surface area contributed by atoms with Crippen LogP contribution >= 0.6 is 0 Å². The second kappa shape index (κ2) is 6.91. The van der Waals surface area contributed by atoms with E-state index in [9.17, 15) is 13.2 Å². The van der Waals surface area contributed by atoms with E-state index in [0.29, 0.717) is 19.6 Å². The third-order valence-electron chi connectivity index (χ3n) is 2.88. The molecule has 0 bridgehead atoms. The van der Waals surface area contributed by atoms with Gasteiger partial charge in [-0.2, -0.15) is 12.7 Å². The molecule has 8 heteroatoms. The van der Waals surface area contributed by atoms with Crippen molar-refractivity contribution >= 4 is 16.3 Å². The van der Waals surface area contributed by atoms with E-state index >= 15 is 0 Å². The van der Waals surface area contributed by atoms with Crippen LogP contribution in [-0.2, 0) is 14.9 Å². The molecule has 1 amide bonds. The van der Waals surface area contributed by atoms with Crippen LogP contribution in [0.3, 0.4) is 0 Å². The number of nitrogens with two attached hydrogens (primary N) is 1. The van der Waals surface area contributed by atoms with Crippen molar-refractivity contribution in [1.29, 1.82) is 0 Å². The Labute approximate surface area is 108 Å². The highest BCUT2D eigenvalue weighted by atomic mass is 32.2. The highest BCUT2D eigenvalue weighted by Gasteiger charge is 2.30. The first kappa shape index (κ1) is 15.2. The zero-order chi connectivity index (χ0) is 13.6.